The van der Waals surface area contributed by atoms with Crippen LogP contribution in [0.2, 0.25) is 0 Å². The maximum Gasteiger partial charge on any atom is 0.326 e. The van der Waals surface area contributed by atoms with Gasteiger partial charge in [-0.1, -0.05) is 24.6 Å². The van der Waals surface area contributed by atoms with E-state index in [1.807, 2.05) is 24.3 Å². The highest BCUT2D eigenvalue weighted by molar-refractivity contribution is 5.96. The topological polar surface area (TPSA) is 262 Å². The molecule has 0 radical (unpaired) electrons. The number of amides is 4. The number of rotatable bonds is 19. The Morgan fingerprint density at radius 3 is 2.02 bits per heavy atom. The monoisotopic (exact) mass is 574 g/mol. The molecule has 0 aliphatic rings. The van der Waals surface area contributed by atoms with Crippen LogP contribution in [0.1, 0.15) is 50.5 Å². The second kappa shape index (κ2) is 16.9. The third kappa shape index (κ3) is 10.8. The Balaban J connectivity index is 2.15. The molecule has 14 heteroatoms. The Morgan fingerprint density at radius 1 is 0.805 bits per heavy atom. The number of aromatic amines is 1. The van der Waals surface area contributed by atoms with Crippen molar-refractivity contribution < 1.29 is 29.1 Å². The summed E-state index contributed by atoms with van der Waals surface area (Å²) in [7, 11) is 0. The molecule has 13 N–H and O–H groups in total. The number of fused-ring (bicyclic) bond motifs is 1. The van der Waals surface area contributed by atoms with Gasteiger partial charge in [0.1, 0.15) is 18.1 Å². The molecule has 0 saturated carbocycles. The molecular formula is C27H42N8O6. The summed E-state index contributed by atoms with van der Waals surface area (Å²) in [6, 6.07) is 2.52. The van der Waals surface area contributed by atoms with Crippen LogP contribution in [0.5, 0.6) is 0 Å². The molecule has 0 spiro atoms. The van der Waals surface area contributed by atoms with Crippen molar-refractivity contribution in [3.8, 4) is 0 Å². The zero-order valence-electron chi connectivity index (χ0n) is 23.1. The van der Waals surface area contributed by atoms with Gasteiger partial charge in [-0.3, -0.25) is 19.2 Å². The molecular weight excluding hydrogens is 532 g/mol. The van der Waals surface area contributed by atoms with E-state index < -0.39 is 60.2 Å². The lowest BCUT2D eigenvalue weighted by molar-refractivity contribution is -0.142. The van der Waals surface area contributed by atoms with Crippen LogP contribution in [-0.4, -0.2) is 76.9 Å². The fourth-order valence-electron chi connectivity index (χ4n) is 4.36. The van der Waals surface area contributed by atoms with Crippen LogP contribution in [0.3, 0.4) is 0 Å². The average molecular weight is 575 g/mol. The fourth-order valence-corrected chi connectivity index (χ4v) is 4.36. The highest BCUT2D eigenvalue weighted by Crippen LogP contribution is 2.19. The third-order valence-electron chi connectivity index (χ3n) is 6.64. The van der Waals surface area contributed by atoms with Crippen molar-refractivity contribution in [3.63, 3.8) is 0 Å². The fraction of sp³-hybridized carbons (Fsp3) is 0.519. The minimum atomic E-state index is -1.48. The molecule has 0 fully saturated rings. The van der Waals surface area contributed by atoms with E-state index in [4.69, 9.17) is 22.9 Å². The molecule has 14 nitrogen and oxygen atoms in total. The first-order valence-electron chi connectivity index (χ1n) is 13.7. The second-order valence-electron chi connectivity index (χ2n) is 9.93. The minimum absolute atomic E-state index is 0.0534. The first-order chi connectivity index (χ1) is 19.6. The van der Waals surface area contributed by atoms with Gasteiger partial charge in [-0.15, -0.1) is 0 Å². The molecule has 4 amide bonds. The van der Waals surface area contributed by atoms with E-state index in [1.54, 1.807) is 6.20 Å². The molecule has 1 aromatic carbocycles. The predicted octanol–water partition coefficient (Wildman–Crippen LogP) is -1.29. The number of hydrogen-bond donors (Lipinski definition) is 9. The van der Waals surface area contributed by atoms with Gasteiger partial charge >= 0.3 is 5.97 Å². The van der Waals surface area contributed by atoms with Gasteiger partial charge in [0.25, 0.3) is 0 Å². The van der Waals surface area contributed by atoms with Crippen LogP contribution in [-0.2, 0) is 30.4 Å². The van der Waals surface area contributed by atoms with Gasteiger partial charge in [-0.25, -0.2) is 4.79 Å². The predicted molar refractivity (Wildman–Crippen MR) is 153 cm³/mol. The zero-order valence-corrected chi connectivity index (χ0v) is 23.1. The van der Waals surface area contributed by atoms with Crippen molar-refractivity contribution in [3.05, 3.63) is 36.0 Å². The van der Waals surface area contributed by atoms with Gasteiger partial charge in [-0.05, 0) is 56.8 Å². The molecule has 1 aromatic heterocycles. The summed E-state index contributed by atoms with van der Waals surface area (Å²) in [5, 5.41) is 18.1. The maximum atomic E-state index is 13.2. The van der Waals surface area contributed by atoms with Crippen LogP contribution in [0, 0.1) is 0 Å². The van der Waals surface area contributed by atoms with Crippen LogP contribution in [0.15, 0.2) is 30.5 Å². The third-order valence-corrected chi connectivity index (χ3v) is 6.64. The van der Waals surface area contributed by atoms with Crippen LogP contribution in [0.4, 0.5) is 0 Å². The Hall–Kier alpha value is -4.01. The number of aromatic nitrogens is 1. The van der Waals surface area contributed by atoms with Gasteiger partial charge in [-0.2, -0.15) is 0 Å². The molecule has 1 heterocycles. The van der Waals surface area contributed by atoms with Crippen LogP contribution in [0.25, 0.3) is 10.9 Å². The van der Waals surface area contributed by atoms with Crippen molar-refractivity contribution in [2.45, 2.75) is 75.5 Å². The molecule has 4 atom stereocenters. The van der Waals surface area contributed by atoms with E-state index in [0.717, 1.165) is 10.9 Å². The Labute approximate surface area is 238 Å². The maximum absolute atomic E-state index is 13.2. The number of carbonyl (C=O) groups excluding carboxylic acids is 4. The van der Waals surface area contributed by atoms with Crippen molar-refractivity contribution in [1.82, 2.24) is 20.9 Å². The van der Waals surface area contributed by atoms with Crippen LogP contribution < -0.4 is 38.9 Å². The van der Waals surface area contributed by atoms with E-state index in [1.165, 1.54) is 0 Å². The van der Waals surface area contributed by atoms with Crippen molar-refractivity contribution in [2.24, 2.45) is 22.9 Å². The summed E-state index contributed by atoms with van der Waals surface area (Å²) >= 11 is 0. The zero-order chi connectivity index (χ0) is 30.4. The number of hydrogen-bond acceptors (Lipinski definition) is 8. The summed E-state index contributed by atoms with van der Waals surface area (Å²) < 4.78 is 0. The molecule has 2 rings (SSSR count). The molecule has 0 aliphatic heterocycles. The number of carbonyl (C=O) groups is 5. The molecule has 41 heavy (non-hydrogen) atoms. The summed E-state index contributed by atoms with van der Waals surface area (Å²) in [6.07, 6.45) is 4.01. The number of para-hydroxylation sites is 1. The number of carboxylic acids is 1. The molecule has 226 valence electrons. The Kier molecular flexibility index (Phi) is 13.7. The van der Waals surface area contributed by atoms with E-state index >= 15 is 0 Å². The molecule has 2 aromatic rings. The van der Waals surface area contributed by atoms with Gasteiger partial charge in [0, 0.05) is 23.5 Å². The number of nitrogens with one attached hydrogen (secondary N) is 4. The smallest absolute Gasteiger partial charge is 0.326 e. The number of aliphatic carboxylic acids is 1. The number of primary amides is 1. The van der Waals surface area contributed by atoms with Gasteiger partial charge in [0.15, 0.2) is 0 Å². The van der Waals surface area contributed by atoms with Gasteiger partial charge in [0.05, 0.1) is 12.5 Å². The Bertz CT molecular complexity index is 1190. The lowest BCUT2D eigenvalue weighted by Gasteiger charge is -2.25. The molecule has 0 aliphatic carbocycles. The highest BCUT2D eigenvalue weighted by atomic mass is 16.4. The normalized spacial score (nSPS) is 14.0. The quantitative estimate of drug-likeness (QED) is 0.0902. The lowest BCUT2D eigenvalue weighted by Crippen LogP contribution is -2.58. The summed E-state index contributed by atoms with van der Waals surface area (Å²) in [5.41, 5.74) is 23.8. The van der Waals surface area contributed by atoms with Gasteiger partial charge in [0.2, 0.25) is 23.6 Å². The van der Waals surface area contributed by atoms with Crippen LogP contribution >= 0.6 is 0 Å². The largest absolute Gasteiger partial charge is 0.480 e. The summed E-state index contributed by atoms with van der Waals surface area (Å²) in [6.45, 7) is 0.840. The van der Waals surface area contributed by atoms with Crippen molar-refractivity contribution in [1.29, 1.82) is 0 Å². The average Bonchev–Trinajstić information content (AvgIpc) is 3.34. The first kappa shape index (κ1) is 33.2. The number of unbranched alkanes of at least 4 members (excludes halogenated alkanes) is 2. The first-order valence-corrected chi connectivity index (χ1v) is 13.7. The molecule has 0 saturated heterocycles. The number of nitrogens with two attached hydrogens (primary N) is 4. The summed E-state index contributed by atoms with van der Waals surface area (Å²) in [4.78, 5) is 65.8. The number of benzene rings is 1. The highest BCUT2D eigenvalue weighted by Gasteiger charge is 2.31. The van der Waals surface area contributed by atoms with Gasteiger partial charge < -0.3 is 49.0 Å². The second-order valence-corrected chi connectivity index (χ2v) is 9.93. The SMILES string of the molecule is NCCCCC(N)C(=O)NC(CCCCN)C(=O)NC(CC(N)=O)C(=O)NC(Cc1c[nH]c2ccccc12)C(=O)O. The van der Waals surface area contributed by atoms with E-state index in [9.17, 15) is 29.1 Å². The number of H-pyrrole nitrogens is 1. The Morgan fingerprint density at radius 2 is 1.39 bits per heavy atom. The van der Waals surface area contributed by atoms with E-state index in [-0.39, 0.29) is 12.8 Å². The summed E-state index contributed by atoms with van der Waals surface area (Å²) in [5.74, 6) is -4.39. The standard InChI is InChI=1S/C27H42N8O6/c28-11-5-3-8-18(30)24(37)33-20(10-4-6-12-29)25(38)34-21(14-23(31)36)26(39)35-22(27(40)41)13-16-15-32-19-9-2-1-7-17(16)19/h1-2,7,9,15,18,20-22,32H,3-6,8,10-14,28-30H2,(H2,31,36)(H,33,37)(H,34,38)(H,35,39)(H,40,41). The molecule has 4 unspecified atom stereocenters. The number of carboxylic acid groups (broad SMARTS) is 1. The lowest BCUT2D eigenvalue weighted by atomic mass is 10.0. The van der Waals surface area contributed by atoms with E-state index in [0.29, 0.717) is 50.8 Å². The molecule has 0 bridgehead atoms. The van der Waals surface area contributed by atoms with E-state index in [2.05, 4.69) is 20.9 Å². The van der Waals surface area contributed by atoms with Crippen molar-refractivity contribution in [2.75, 3.05) is 13.1 Å². The minimum Gasteiger partial charge on any atom is -0.480 e. The van der Waals surface area contributed by atoms with Crippen molar-refractivity contribution >= 4 is 40.5 Å².